The third-order valence-electron chi connectivity index (χ3n) is 7.57. The van der Waals surface area contributed by atoms with E-state index >= 15 is 0 Å². The first-order chi connectivity index (χ1) is 19.5. The Kier molecular flexibility index (Phi) is 10.1. The standard InChI is InChI=1S/C32H38ClN3O4S/c1-23-12-16-29(17-13-23)36(41(39,40)30-18-14-24(2)15-19-30)22-31(37)35(21-26-8-7-9-27(33)20-26)25(3)32(38)34-28-10-5-4-6-11-28/h7-9,12-20,25,28H,4-6,10-11,21-22H2,1-3H3,(H,34,38)/t25-/m0/s1. The average molecular weight is 596 g/mol. The monoisotopic (exact) mass is 595 g/mol. The number of rotatable bonds is 10. The van der Waals surface area contributed by atoms with Crippen molar-refractivity contribution in [1.82, 2.24) is 10.2 Å². The molecule has 1 fully saturated rings. The summed E-state index contributed by atoms with van der Waals surface area (Å²) in [5, 5.41) is 3.62. The van der Waals surface area contributed by atoms with Gasteiger partial charge in [0.15, 0.2) is 0 Å². The van der Waals surface area contributed by atoms with Gasteiger partial charge < -0.3 is 10.2 Å². The molecule has 218 valence electrons. The second-order valence-corrected chi connectivity index (χ2v) is 13.1. The van der Waals surface area contributed by atoms with Crippen molar-refractivity contribution in [1.29, 1.82) is 0 Å². The van der Waals surface area contributed by atoms with E-state index in [-0.39, 0.29) is 23.4 Å². The number of aryl methyl sites for hydroxylation is 2. The topological polar surface area (TPSA) is 86.8 Å². The molecule has 3 aromatic rings. The molecular formula is C32H38ClN3O4S. The number of hydrogen-bond donors (Lipinski definition) is 1. The average Bonchev–Trinajstić information content (AvgIpc) is 2.95. The Labute approximate surface area is 248 Å². The Morgan fingerprint density at radius 1 is 0.927 bits per heavy atom. The number of anilines is 1. The third kappa shape index (κ3) is 7.89. The molecule has 1 N–H and O–H groups in total. The minimum absolute atomic E-state index is 0.0767. The van der Waals surface area contributed by atoms with Gasteiger partial charge in [0.2, 0.25) is 11.8 Å². The van der Waals surface area contributed by atoms with Gasteiger partial charge in [0.05, 0.1) is 10.6 Å². The van der Waals surface area contributed by atoms with E-state index in [4.69, 9.17) is 11.6 Å². The van der Waals surface area contributed by atoms with Crippen molar-refractivity contribution >= 4 is 39.1 Å². The van der Waals surface area contributed by atoms with Crippen LogP contribution >= 0.6 is 11.6 Å². The quantitative estimate of drug-likeness (QED) is 0.311. The first-order valence-electron chi connectivity index (χ1n) is 14.0. The maximum Gasteiger partial charge on any atom is 0.264 e. The lowest BCUT2D eigenvalue weighted by Gasteiger charge is -2.33. The SMILES string of the molecule is Cc1ccc(N(CC(=O)N(Cc2cccc(Cl)c2)[C@@H](C)C(=O)NC2CCCCC2)S(=O)(=O)c2ccc(C)cc2)cc1. The van der Waals surface area contributed by atoms with Crippen LogP contribution in [0.2, 0.25) is 5.02 Å². The summed E-state index contributed by atoms with van der Waals surface area (Å²) in [7, 11) is -4.10. The number of carbonyl (C=O) groups is 2. The summed E-state index contributed by atoms with van der Waals surface area (Å²) in [6, 6.07) is 19.9. The van der Waals surface area contributed by atoms with Crippen LogP contribution in [0.25, 0.3) is 0 Å². The third-order valence-corrected chi connectivity index (χ3v) is 9.59. The minimum Gasteiger partial charge on any atom is -0.352 e. The van der Waals surface area contributed by atoms with E-state index < -0.39 is 28.5 Å². The van der Waals surface area contributed by atoms with E-state index in [1.165, 1.54) is 4.90 Å². The second-order valence-electron chi connectivity index (χ2n) is 10.8. The number of sulfonamides is 1. The van der Waals surface area contributed by atoms with Crippen molar-refractivity contribution < 1.29 is 18.0 Å². The lowest BCUT2D eigenvalue weighted by atomic mass is 9.95. The van der Waals surface area contributed by atoms with Crippen molar-refractivity contribution in [2.45, 2.75) is 76.4 Å². The van der Waals surface area contributed by atoms with Gasteiger partial charge in [-0.05, 0) is 75.6 Å². The zero-order valence-electron chi connectivity index (χ0n) is 23.8. The molecule has 0 aromatic heterocycles. The molecule has 1 aliphatic carbocycles. The van der Waals surface area contributed by atoms with E-state index in [1.807, 2.05) is 19.9 Å². The van der Waals surface area contributed by atoms with E-state index in [0.29, 0.717) is 10.7 Å². The lowest BCUT2D eigenvalue weighted by Crippen LogP contribution is -2.53. The highest BCUT2D eigenvalue weighted by Crippen LogP contribution is 2.26. The number of carbonyl (C=O) groups excluding carboxylic acids is 2. The van der Waals surface area contributed by atoms with Gasteiger partial charge in [-0.1, -0.05) is 78.4 Å². The van der Waals surface area contributed by atoms with Crippen LogP contribution in [0.1, 0.15) is 55.7 Å². The zero-order valence-corrected chi connectivity index (χ0v) is 25.4. The molecule has 9 heteroatoms. The molecule has 0 spiro atoms. The predicted molar refractivity (Wildman–Crippen MR) is 163 cm³/mol. The summed E-state index contributed by atoms with van der Waals surface area (Å²) in [5.41, 5.74) is 2.99. The molecule has 2 amide bonds. The molecule has 0 heterocycles. The molecule has 0 bridgehead atoms. The summed E-state index contributed by atoms with van der Waals surface area (Å²) in [6.45, 7) is 5.11. The number of amides is 2. The molecule has 1 atom stereocenters. The fourth-order valence-corrected chi connectivity index (χ4v) is 6.69. The van der Waals surface area contributed by atoms with Gasteiger partial charge in [-0.3, -0.25) is 13.9 Å². The summed E-state index contributed by atoms with van der Waals surface area (Å²) >= 11 is 6.22. The van der Waals surface area contributed by atoms with Gasteiger partial charge in [-0.2, -0.15) is 0 Å². The Bertz CT molecular complexity index is 1450. The van der Waals surface area contributed by atoms with Crippen molar-refractivity contribution in [3.05, 3.63) is 94.5 Å². The molecule has 1 saturated carbocycles. The van der Waals surface area contributed by atoms with Gasteiger partial charge in [-0.15, -0.1) is 0 Å². The molecule has 0 radical (unpaired) electrons. The summed E-state index contributed by atoms with van der Waals surface area (Å²) in [5.74, 6) is -0.747. The predicted octanol–water partition coefficient (Wildman–Crippen LogP) is 6.02. The van der Waals surface area contributed by atoms with E-state index in [1.54, 1.807) is 73.7 Å². The molecule has 7 nitrogen and oxygen atoms in total. The number of hydrogen-bond acceptors (Lipinski definition) is 4. The van der Waals surface area contributed by atoms with Gasteiger partial charge in [0, 0.05) is 17.6 Å². The maximum atomic E-state index is 14.1. The van der Waals surface area contributed by atoms with Crippen molar-refractivity contribution in [2.24, 2.45) is 0 Å². The van der Waals surface area contributed by atoms with Crippen molar-refractivity contribution in [2.75, 3.05) is 10.8 Å². The lowest BCUT2D eigenvalue weighted by molar-refractivity contribution is -0.139. The van der Waals surface area contributed by atoms with Gasteiger partial charge in [0.25, 0.3) is 10.0 Å². The Hall–Kier alpha value is -3.36. The summed E-state index contributed by atoms with van der Waals surface area (Å²) < 4.78 is 29.0. The molecule has 0 unspecified atom stereocenters. The van der Waals surface area contributed by atoms with E-state index in [0.717, 1.165) is 53.1 Å². The molecular weight excluding hydrogens is 558 g/mol. The largest absolute Gasteiger partial charge is 0.352 e. The Balaban J connectivity index is 1.67. The minimum atomic E-state index is -4.10. The van der Waals surface area contributed by atoms with Crippen molar-refractivity contribution in [3.63, 3.8) is 0 Å². The smallest absolute Gasteiger partial charge is 0.264 e. The van der Waals surface area contributed by atoms with Crippen LogP contribution < -0.4 is 9.62 Å². The normalized spacial score (nSPS) is 14.7. The highest BCUT2D eigenvalue weighted by Gasteiger charge is 2.33. The first kappa shape index (κ1) is 30.6. The second kappa shape index (κ2) is 13.5. The number of nitrogens with one attached hydrogen (secondary N) is 1. The fourth-order valence-electron chi connectivity index (χ4n) is 5.06. The maximum absolute atomic E-state index is 14.1. The van der Waals surface area contributed by atoms with Crippen LogP contribution in [0, 0.1) is 13.8 Å². The molecule has 3 aromatic carbocycles. The van der Waals surface area contributed by atoms with Crippen LogP contribution in [0.4, 0.5) is 5.69 Å². The molecule has 0 aliphatic heterocycles. The summed E-state index contributed by atoms with van der Waals surface area (Å²) in [6.07, 6.45) is 5.11. The highest BCUT2D eigenvalue weighted by atomic mass is 35.5. The molecule has 1 aliphatic rings. The van der Waals surface area contributed by atoms with Crippen LogP contribution in [0.15, 0.2) is 77.7 Å². The van der Waals surface area contributed by atoms with Gasteiger partial charge in [-0.25, -0.2) is 8.42 Å². The van der Waals surface area contributed by atoms with E-state index in [2.05, 4.69) is 5.32 Å². The van der Waals surface area contributed by atoms with Crippen LogP contribution in [-0.2, 0) is 26.2 Å². The summed E-state index contributed by atoms with van der Waals surface area (Å²) in [4.78, 5) is 29.0. The van der Waals surface area contributed by atoms with Crippen LogP contribution in [0.3, 0.4) is 0 Å². The first-order valence-corrected chi connectivity index (χ1v) is 15.9. The van der Waals surface area contributed by atoms with Crippen LogP contribution in [0.5, 0.6) is 0 Å². The van der Waals surface area contributed by atoms with Crippen LogP contribution in [-0.4, -0.2) is 43.8 Å². The molecule has 4 rings (SSSR count). The molecule has 41 heavy (non-hydrogen) atoms. The van der Waals surface area contributed by atoms with Gasteiger partial charge in [0.1, 0.15) is 12.6 Å². The zero-order chi connectivity index (χ0) is 29.6. The van der Waals surface area contributed by atoms with Crippen molar-refractivity contribution in [3.8, 4) is 0 Å². The number of nitrogens with zero attached hydrogens (tertiary/aromatic N) is 2. The van der Waals surface area contributed by atoms with Gasteiger partial charge >= 0.3 is 0 Å². The fraction of sp³-hybridized carbons (Fsp3) is 0.375. The van der Waals surface area contributed by atoms with E-state index in [9.17, 15) is 18.0 Å². The number of halogens is 1. The molecule has 0 saturated heterocycles. The Morgan fingerprint density at radius 3 is 2.15 bits per heavy atom. The Morgan fingerprint density at radius 2 is 1.54 bits per heavy atom. The number of benzene rings is 3. The highest BCUT2D eigenvalue weighted by molar-refractivity contribution is 7.92.